The molecule has 0 radical (unpaired) electrons. The van der Waals surface area contributed by atoms with Crippen LogP contribution in [0.5, 0.6) is 0 Å². The van der Waals surface area contributed by atoms with Crippen LogP contribution < -0.4 is 10.9 Å². The van der Waals surface area contributed by atoms with E-state index >= 15 is 0 Å². The predicted molar refractivity (Wildman–Crippen MR) is 115 cm³/mol. The number of ether oxygens (including phenoxy) is 1. The van der Waals surface area contributed by atoms with E-state index in [1.165, 1.54) is 0 Å². The molecule has 0 amide bonds. The van der Waals surface area contributed by atoms with Crippen LogP contribution in [0.1, 0.15) is 50.6 Å². The molecule has 30 heavy (non-hydrogen) atoms. The zero-order chi connectivity index (χ0) is 20.7. The Morgan fingerprint density at radius 2 is 2.17 bits per heavy atom. The number of aromatic amines is 1. The Morgan fingerprint density at radius 3 is 2.83 bits per heavy atom. The summed E-state index contributed by atoms with van der Waals surface area (Å²) >= 11 is 0. The first-order valence-corrected chi connectivity index (χ1v) is 10.6. The third kappa shape index (κ3) is 3.27. The summed E-state index contributed by atoms with van der Waals surface area (Å²) in [6.07, 6.45) is 6.32. The summed E-state index contributed by atoms with van der Waals surface area (Å²) in [5.74, 6) is 0.970. The van der Waals surface area contributed by atoms with E-state index in [1.807, 2.05) is 22.9 Å². The third-order valence-corrected chi connectivity index (χ3v) is 6.39. The fourth-order valence-electron chi connectivity index (χ4n) is 4.52. The minimum Gasteiger partial charge on any atom is -0.371 e. The molecule has 1 unspecified atom stereocenters. The highest BCUT2D eigenvalue weighted by Crippen LogP contribution is 2.43. The van der Waals surface area contributed by atoms with Crippen LogP contribution in [0.25, 0.3) is 10.9 Å². The van der Waals surface area contributed by atoms with Gasteiger partial charge in [0.2, 0.25) is 0 Å². The quantitative estimate of drug-likeness (QED) is 0.638. The van der Waals surface area contributed by atoms with Crippen molar-refractivity contribution in [1.82, 2.24) is 14.8 Å². The summed E-state index contributed by atoms with van der Waals surface area (Å²) in [5.41, 5.74) is 2.37. The summed E-state index contributed by atoms with van der Waals surface area (Å²) < 4.78 is 7.80. The first-order valence-electron chi connectivity index (χ1n) is 10.6. The standard InChI is InChI=1S/C23H25N5O2/c1-23(11-2-14-30-23)16-5-7-17(8-6-16)26-21-20-19(10-13-25-22(20)29)28(27-21)18(9-12-24)15-3-4-15/h5-8,10,13,15,18H,2-4,9,11,14H2,1H3,(H,25,29)(H,26,27)/t18-,23?/m0/s1. The number of rotatable bonds is 6. The highest BCUT2D eigenvalue weighted by Gasteiger charge is 2.35. The molecule has 2 N–H and O–H groups in total. The molecule has 3 aromatic rings. The average Bonchev–Trinajstić information content (AvgIpc) is 3.39. The van der Waals surface area contributed by atoms with E-state index in [9.17, 15) is 10.1 Å². The normalized spacial score (nSPS) is 22.1. The second kappa shape index (κ2) is 7.29. The minimum atomic E-state index is -0.223. The van der Waals surface area contributed by atoms with E-state index in [2.05, 4.69) is 35.4 Å². The molecule has 0 bridgehead atoms. The number of aromatic nitrogens is 3. The zero-order valence-corrected chi connectivity index (χ0v) is 17.0. The van der Waals surface area contributed by atoms with Gasteiger partial charge in [-0.05, 0) is 62.3 Å². The van der Waals surface area contributed by atoms with Gasteiger partial charge in [-0.3, -0.25) is 9.48 Å². The number of hydrogen-bond acceptors (Lipinski definition) is 5. The highest BCUT2D eigenvalue weighted by atomic mass is 16.5. The molecule has 1 saturated carbocycles. The summed E-state index contributed by atoms with van der Waals surface area (Å²) in [6, 6.07) is 12.3. The van der Waals surface area contributed by atoms with Crippen molar-refractivity contribution in [2.75, 3.05) is 11.9 Å². The molecule has 7 nitrogen and oxygen atoms in total. The van der Waals surface area contributed by atoms with E-state index in [4.69, 9.17) is 9.84 Å². The maximum atomic E-state index is 12.6. The number of hydrogen-bond donors (Lipinski definition) is 2. The molecule has 2 aromatic heterocycles. The van der Waals surface area contributed by atoms with Crippen LogP contribution in [0.2, 0.25) is 0 Å². The second-order valence-corrected chi connectivity index (χ2v) is 8.51. The molecule has 154 valence electrons. The lowest BCUT2D eigenvalue weighted by molar-refractivity contribution is 0.0168. The van der Waals surface area contributed by atoms with E-state index in [-0.39, 0.29) is 17.2 Å². The van der Waals surface area contributed by atoms with Crippen molar-refractivity contribution in [1.29, 1.82) is 5.26 Å². The first-order chi connectivity index (χ1) is 14.6. The third-order valence-electron chi connectivity index (χ3n) is 6.39. The molecule has 1 saturated heterocycles. The van der Waals surface area contributed by atoms with Crippen LogP contribution in [0.3, 0.4) is 0 Å². The molecule has 2 atom stereocenters. The van der Waals surface area contributed by atoms with Gasteiger partial charge < -0.3 is 15.0 Å². The van der Waals surface area contributed by atoms with Crippen molar-refractivity contribution >= 4 is 22.4 Å². The molecule has 1 aliphatic carbocycles. The summed E-state index contributed by atoms with van der Waals surface area (Å²) in [5, 5.41) is 17.9. The van der Waals surface area contributed by atoms with Gasteiger partial charge in [0.15, 0.2) is 5.82 Å². The molecule has 1 aliphatic heterocycles. The molecule has 5 rings (SSSR count). The maximum Gasteiger partial charge on any atom is 0.261 e. The van der Waals surface area contributed by atoms with Gasteiger partial charge in [-0.25, -0.2) is 0 Å². The lowest BCUT2D eigenvalue weighted by atomic mass is 9.93. The topological polar surface area (TPSA) is 95.7 Å². The van der Waals surface area contributed by atoms with Crippen molar-refractivity contribution < 1.29 is 4.74 Å². The van der Waals surface area contributed by atoms with Gasteiger partial charge >= 0.3 is 0 Å². The maximum absolute atomic E-state index is 12.6. The van der Waals surface area contributed by atoms with Gasteiger partial charge in [-0.15, -0.1) is 0 Å². The number of nitriles is 1. The Morgan fingerprint density at radius 1 is 1.37 bits per heavy atom. The summed E-state index contributed by atoms with van der Waals surface area (Å²) in [6.45, 7) is 2.93. The lowest BCUT2D eigenvalue weighted by Crippen LogP contribution is -2.19. The van der Waals surface area contributed by atoms with Crippen LogP contribution >= 0.6 is 0 Å². The molecule has 0 spiro atoms. The summed E-state index contributed by atoms with van der Waals surface area (Å²) in [4.78, 5) is 15.4. The smallest absolute Gasteiger partial charge is 0.261 e. The van der Waals surface area contributed by atoms with Crippen LogP contribution in [-0.4, -0.2) is 21.4 Å². The van der Waals surface area contributed by atoms with Gasteiger partial charge in [0.1, 0.15) is 5.39 Å². The fraction of sp³-hybridized carbons (Fsp3) is 0.435. The largest absolute Gasteiger partial charge is 0.371 e. The summed E-state index contributed by atoms with van der Waals surface area (Å²) in [7, 11) is 0. The van der Waals surface area contributed by atoms with Crippen molar-refractivity contribution in [2.45, 2.75) is 50.7 Å². The number of anilines is 2. The lowest BCUT2D eigenvalue weighted by Gasteiger charge is -2.23. The van der Waals surface area contributed by atoms with Gasteiger partial charge in [0, 0.05) is 18.5 Å². The van der Waals surface area contributed by atoms with E-state index in [1.54, 1.807) is 6.20 Å². The number of H-pyrrole nitrogens is 1. The Bertz CT molecular complexity index is 1160. The highest BCUT2D eigenvalue weighted by molar-refractivity contribution is 5.91. The Balaban J connectivity index is 1.50. The number of pyridine rings is 1. The fourth-order valence-corrected chi connectivity index (χ4v) is 4.52. The van der Waals surface area contributed by atoms with E-state index in [0.29, 0.717) is 23.5 Å². The van der Waals surface area contributed by atoms with Crippen molar-refractivity contribution in [3.05, 3.63) is 52.4 Å². The zero-order valence-electron chi connectivity index (χ0n) is 17.0. The number of benzene rings is 1. The van der Waals surface area contributed by atoms with Gasteiger partial charge in [0.25, 0.3) is 5.56 Å². The van der Waals surface area contributed by atoms with Crippen LogP contribution in [0.4, 0.5) is 11.5 Å². The predicted octanol–water partition coefficient (Wildman–Crippen LogP) is 4.36. The van der Waals surface area contributed by atoms with Crippen LogP contribution in [0.15, 0.2) is 41.3 Å². The molecule has 3 heterocycles. The molecule has 2 fully saturated rings. The Hall–Kier alpha value is -3.11. The van der Waals surface area contributed by atoms with Crippen LogP contribution in [0, 0.1) is 17.2 Å². The Labute approximate surface area is 174 Å². The van der Waals surface area contributed by atoms with Gasteiger partial charge in [-0.2, -0.15) is 10.4 Å². The monoisotopic (exact) mass is 403 g/mol. The molecule has 2 aliphatic rings. The first kappa shape index (κ1) is 18.9. The number of nitrogens with one attached hydrogen (secondary N) is 2. The second-order valence-electron chi connectivity index (χ2n) is 8.51. The van der Waals surface area contributed by atoms with Crippen LogP contribution in [-0.2, 0) is 10.3 Å². The minimum absolute atomic E-state index is 0.00306. The molecule has 7 heteroatoms. The Kier molecular flexibility index (Phi) is 4.59. The molecule has 1 aromatic carbocycles. The van der Waals surface area contributed by atoms with E-state index in [0.717, 1.165) is 49.1 Å². The molecular formula is C23H25N5O2. The van der Waals surface area contributed by atoms with Crippen molar-refractivity contribution in [3.8, 4) is 6.07 Å². The van der Waals surface area contributed by atoms with Gasteiger partial charge in [0.05, 0.1) is 29.6 Å². The van der Waals surface area contributed by atoms with Crippen molar-refractivity contribution in [2.24, 2.45) is 5.92 Å². The molecular weight excluding hydrogens is 378 g/mol. The number of fused-ring (bicyclic) bond motifs is 1. The SMILES string of the molecule is CC1(c2ccc(Nc3nn([C@@H](CC#N)C4CC4)c4cc[nH]c(=O)c34)cc2)CCCO1. The average molecular weight is 403 g/mol. The van der Waals surface area contributed by atoms with Gasteiger partial charge in [-0.1, -0.05) is 12.1 Å². The van der Waals surface area contributed by atoms with Crippen molar-refractivity contribution in [3.63, 3.8) is 0 Å². The number of nitrogens with zero attached hydrogens (tertiary/aromatic N) is 3. The van der Waals surface area contributed by atoms with E-state index < -0.39 is 0 Å².